The van der Waals surface area contributed by atoms with Gasteiger partial charge in [-0.25, -0.2) is 4.39 Å². The van der Waals surface area contributed by atoms with Crippen LogP contribution in [0.4, 0.5) is 10.1 Å². The lowest BCUT2D eigenvalue weighted by Crippen LogP contribution is -2.42. The molecule has 2 heterocycles. The molecule has 2 fully saturated rings. The Hall–Kier alpha value is -1.66. The maximum absolute atomic E-state index is 13.9. The molecule has 0 spiro atoms. The van der Waals surface area contributed by atoms with Crippen molar-refractivity contribution in [3.05, 3.63) is 29.6 Å². The van der Waals surface area contributed by atoms with E-state index in [4.69, 9.17) is 0 Å². The summed E-state index contributed by atoms with van der Waals surface area (Å²) < 4.78 is 13.9. The number of piperidine rings is 1. The fourth-order valence-corrected chi connectivity index (χ4v) is 3.73. The number of hydrogen-bond acceptors (Lipinski definition) is 4. The molecule has 0 unspecified atom stereocenters. The van der Waals surface area contributed by atoms with E-state index < -0.39 is 5.41 Å². The first kappa shape index (κ1) is 18.1. The molecule has 0 aromatic heterocycles. The number of nitrogens with one attached hydrogen (secondary N) is 2. The topological polar surface area (TPSA) is 64.6 Å². The molecule has 138 valence electrons. The minimum absolute atomic E-state index is 0.00859. The zero-order chi connectivity index (χ0) is 18.0. The second kappa shape index (κ2) is 7.30. The van der Waals surface area contributed by atoms with Gasteiger partial charge >= 0.3 is 0 Å². The Labute approximate surface area is 148 Å². The monoisotopic (exact) mass is 349 g/mol. The van der Waals surface area contributed by atoms with E-state index in [9.17, 15) is 14.3 Å². The maximum atomic E-state index is 13.9. The fourth-order valence-electron chi connectivity index (χ4n) is 3.73. The molecule has 6 heteroatoms. The molecular formula is C19H28FN3O2. The van der Waals surface area contributed by atoms with Crippen LogP contribution in [0.3, 0.4) is 0 Å². The number of aliphatic hydroxyl groups is 1. The number of amides is 1. The first-order chi connectivity index (χ1) is 11.9. The van der Waals surface area contributed by atoms with Crippen LogP contribution in [0.25, 0.3) is 0 Å². The number of halogens is 1. The van der Waals surface area contributed by atoms with Gasteiger partial charge in [0.25, 0.3) is 0 Å². The molecule has 1 amide bonds. The number of nitrogens with zero attached hydrogens (tertiary/aromatic N) is 1. The van der Waals surface area contributed by atoms with Gasteiger partial charge in [-0.3, -0.25) is 4.79 Å². The van der Waals surface area contributed by atoms with Gasteiger partial charge in [-0.1, -0.05) is 0 Å². The summed E-state index contributed by atoms with van der Waals surface area (Å²) in [5.74, 6) is -0.292. The summed E-state index contributed by atoms with van der Waals surface area (Å²) in [6.45, 7) is 6.86. The minimum atomic E-state index is -0.406. The average molecular weight is 349 g/mol. The zero-order valence-electron chi connectivity index (χ0n) is 15.0. The minimum Gasteiger partial charge on any atom is -0.393 e. The van der Waals surface area contributed by atoms with E-state index >= 15 is 0 Å². The number of carbonyl (C=O) groups excluding carboxylic acids is 1. The molecular weight excluding hydrogens is 321 g/mol. The first-order valence-electron chi connectivity index (χ1n) is 9.13. The van der Waals surface area contributed by atoms with Gasteiger partial charge in [0.1, 0.15) is 5.82 Å². The van der Waals surface area contributed by atoms with Crippen molar-refractivity contribution in [3.8, 4) is 0 Å². The van der Waals surface area contributed by atoms with Crippen LogP contribution in [-0.2, 0) is 4.79 Å². The molecule has 0 saturated carbocycles. The van der Waals surface area contributed by atoms with Crippen LogP contribution in [-0.4, -0.2) is 43.3 Å². The van der Waals surface area contributed by atoms with Crippen molar-refractivity contribution in [3.63, 3.8) is 0 Å². The van der Waals surface area contributed by atoms with Gasteiger partial charge in [0.15, 0.2) is 0 Å². The standard InChI is InChI=1S/C19H28FN3O2/c1-13(22-18(25)19(2)7-8-21-12-19)16-11-14(20)3-4-17(16)23-9-5-15(24)6-10-23/h3-4,11,13,15,21,24H,5-10,12H2,1-2H3,(H,22,25)/t13-,19-/m0/s1. The molecule has 2 saturated heterocycles. The molecule has 0 bridgehead atoms. The van der Waals surface area contributed by atoms with Crippen molar-refractivity contribution in [2.45, 2.75) is 45.3 Å². The Morgan fingerprint density at radius 1 is 1.44 bits per heavy atom. The van der Waals surface area contributed by atoms with E-state index in [0.717, 1.165) is 37.3 Å². The van der Waals surface area contributed by atoms with Crippen molar-refractivity contribution in [1.82, 2.24) is 10.6 Å². The molecule has 0 radical (unpaired) electrons. The summed E-state index contributed by atoms with van der Waals surface area (Å²) in [7, 11) is 0. The van der Waals surface area contributed by atoms with E-state index in [2.05, 4.69) is 15.5 Å². The second-order valence-electron chi connectivity index (χ2n) is 7.60. The van der Waals surface area contributed by atoms with Gasteiger partial charge < -0.3 is 20.6 Å². The maximum Gasteiger partial charge on any atom is 0.227 e. The normalized spacial score (nSPS) is 25.8. The van der Waals surface area contributed by atoms with E-state index in [0.29, 0.717) is 19.4 Å². The molecule has 0 aliphatic carbocycles. The number of aliphatic hydroxyl groups excluding tert-OH is 1. The summed E-state index contributed by atoms with van der Waals surface area (Å²) in [5, 5.41) is 16.0. The third-order valence-electron chi connectivity index (χ3n) is 5.53. The fraction of sp³-hybridized carbons (Fsp3) is 0.632. The molecule has 3 N–H and O–H groups in total. The van der Waals surface area contributed by atoms with Crippen LogP contribution in [0, 0.1) is 11.2 Å². The van der Waals surface area contributed by atoms with E-state index in [1.165, 1.54) is 12.1 Å². The molecule has 2 aliphatic heterocycles. The highest BCUT2D eigenvalue weighted by molar-refractivity contribution is 5.83. The van der Waals surface area contributed by atoms with Gasteiger partial charge in [0, 0.05) is 30.9 Å². The number of anilines is 1. The summed E-state index contributed by atoms with van der Waals surface area (Å²) in [6, 6.07) is 4.48. The summed E-state index contributed by atoms with van der Waals surface area (Å²) in [5.41, 5.74) is 1.33. The van der Waals surface area contributed by atoms with Gasteiger partial charge in [0.2, 0.25) is 5.91 Å². The van der Waals surface area contributed by atoms with Crippen molar-refractivity contribution in [2.24, 2.45) is 5.41 Å². The van der Waals surface area contributed by atoms with Crippen LogP contribution >= 0.6 is 0 Å². The molecule has 3 rings (SSSR count). The highest BCUT2D eigenvalue weighted by Gasteiger charge is 2.37. The highest BCUT2D eigenvalue weighted by Crippen LogP contribution is 2.31. The smallest absolute Gasteiger partial charge is 0.227 e. The second-order valence-corrected chi connectivity index (χ2v) is 7.60. The zero-order valence-corrected chi connectivity index (χ0v) is 15.0. The van der Waals surface area contributed by atoms with Crippen LogP contribution in [0.2, 0.25) is 0 Å². The summed E-state index contributed by atoms with van der Waals surface area (Å²) >= 11 is 0. The molecule has 1 aromatic carbocycles. The SMILES string of the molecule is C[C@H](NC(=O)[C@@]1(C)CCNC1)c1cc(F)ccc1N1CCC(O)CC1. The number of carbonyl (C=O) groups is 1. The van der Waals surface area contributed by atoms with Crippen molar-refractivity contribution >= 4 is 11.6 Å². The van der Waals surface area contributed by atoms with Crippen molar-refractivity contribution in [1.29, 1.82) is 0 Å². The Kier molecular flexibility index (Phi) is 5.29. The van der Waals surface area contributed by atoms with Crippen molar-refractivity contribution in [2.75, 3.05) is 31.1 Å². The molecule has 1 aromatic rings. The van der Waals surface area contributed by atoms with Gasteiger partial charge in [-0.15, -0.1) is 0 Å². The van der Waals surface area contributed by atoms with Crippen molar-refractivity contribution < 1.29 is 14.3 Å². The predicted octanol–water partition coefficient (Wildman–Crippen LogP) is 1.96. The number of hydrogen-bond donors (Lipinski definition) is 3. The van der Waals surface area contributed by atoms with E-state index in [-0.39, 0.29) is 23.9 Å². The van der Waals surface area contributed by atoms with Crippen LogP contribution < -0.4 is 15.5 Å². The summed E-state index contributed by atoms with van der Waals surface area (Å²) in [4.78, 5) is 14.8. The Bertz CT molecular complexity index is 623. The number of benzene rings is 1. The van der Waals surface area contributed by atoms with Crippen LogP contribution in [0.5, 0.6) is 0 Å². The first-order valence-corrected chi connectivity index (χ1v) is 9.13. The Balaban J connectivity index is 1.78. The van der Waals surface area contributed by atoms with Gasteiger partial charge in [-0.2, -0.15) is 0 Å². The molecule has 2 atom stereocenters. The lowest BCUT2D eigenvalue weighted by atomic mass is 9.88. The molecule has 5 nitrogen and oxygen atoms in total. The Morgan fingerprint density at radius 2 is 2.16 bits per heavy atom. The molecule has 2 aliphatic rings. The van der Waals surface area contributed by atoms with Crippen LogP contribution in [0.15, 0.2) is 18.2 Å². The Morgan fingerprint density at radius 3 is 2.80 bits per heavy atom. The summed E-state index contributed by atoms with van der Waals surface area (Å²) in [6.07, 6.45) is 1.97. The van der Waals surface area contributed by atoms with E-state index in [1.54, 1.807) is 6.07 Å². The average Bonchev–Trinajstić information content (AvgIpc) is 3.04. The third-order valence-corrected chi connectivity index (χ3v) is 5.53. The highest BCUT2D eigenvalue weighted by atomic mass is 19.1. The molecule has 25 heavy (non-hydrogen) atoms. The van der Waals surface area contributed by atoms with E-state index in [1.807, 2.05) is 13.8 Å². The number of rotatable bonds is 4. The quantitative estimate of drug-likeness (QED) is 0.778. The lowest BCUT2D eigenvalue weighted by molar-refractivity contribution is -0.129. The largest absolute Gasteiger partial charge is 0.393 e. The van der Waals surface area contributed by atoms with Gasteiger partial charge in [-0.05, 0) is 57.9 Å². The predicted molar refractivity (Wildman–Crippen MR) is 96.0 cm³/mol. The third kappa shape index (κ3) is 3.96. The van der Waals surface area contributed by atoms with Crippen LogP contribution in [0.1, 0.15) is 44.7 Å². The lowest BCUT2D eigenvalue weighted by Gasteiger charge is -2.34. The van der Waals surface area contributed by atoms with Gasteiger partial charge in [0.05, 0.1) is 17.6 Å².